The Hall–Kier alpha value is -4.31. The standard InChI is InChI=1S/C30H35N7O3/c1-18(34-27-11-19(2)33-20(3)35-27)10-22(15-31-17-39)23-6-7-32-28(24(23)16-38)37-9-8-36-25(29(37)40)12-21-13-30(4,5)14-26(21)36/h6-7,10-12,15,17,38H,8-9,13-14,16H2,1-5H3,(H,31,39)(H,33,34,35)/b18-10+,22-15+. The van der Waals surface area contributed by atoms with E-state index in [0.717, 1.165) is 24.2 Å². The second-order valence-corrected chi connectivity index (χ2v) is 11.2. The summed E-state index contributed by atoms with van der Waals surface area (Å²) in [6.07, 6.45) is 7.51. The molecular weight excluding hydrogens is 506 g/mol. The van der Waals surface area contributed by atoms with Gasteiger partial charge in [0.2, 0.25) is 6.41 Å². The molecule has 0 saturated carbocycles. The van der Waals surface area contributed by atoms with Crippen LogP contribution in [0, 0.1) is 19.3 Å². The van der Waals surface area contributed by atoms with Gasteiger partial charge in [0.1, 0.15) is 23.2 Å². The number of nitrogens with one attached hydrogen (secondary N) is 2. The van der Waals surface area contributed by atoms with E-state index in [4.69, 9.17) is 0 Å². The molecule has 2 amide bonds. The summed E-state index contributed by atoms with van der Waals surface area (Å²) in [5, 5.41) is 16.4. The SMILES string of the molecule is C/C(=C\C(=C/NC=O)c1ccnc(N2CCn3c(cc4c3CC(C)(C)C4)C2=O)c1CO)Nc1cc(C)nc(C)n1. The van der Waals surface area contributed by atoms with Crippen LogP contribution in [0.3, 0.4) is 0 Å². The van der Waals surface area contributed by atoms with Crippen LogP contribution in [0.1, 0.15) is 65.2 Å². The second kappa shape index (κ2) is 10.7. The Kier molecular flexibility index (Phi) is 7.29. The van der Waals surface area contributed by atoms with Crippen molar-refractivity contribution in [2.75, 3.05) is 16.8 Å². The molecule has 208 valence electrons. The van der Waals surface area contributed by atoms with Gasteiger partial charge in [-0.2, -0.15) is 0 Å². The molecule has 1 aliphatic carbocycles. The molecule has 5 rings (SSSR count). The van der Waals surface area contributed by atoms with Crippen molar-refractivity contribution < 1.29 is 14.7 Å². The van der Waals surface area contributed by atoms with Gasteiger partial charge in [0.05, 0.1) is 6.61 Å². The third-order valence-electron chi connectivity index (χ3n) is 7.35. The number of carbonyl (C=O) groups is 2. The topological polar surface area (TPSA) is 125 Å². The van der Waals surface area contributed by atoms with E-state index in [2.05, 4.69) is 44.0 Å². The maximum absolute atomic E-state index is 13.7. The summed E-state index contributed by atoms with van der Waals surface area (Å²) in [5.41, 5.74) is 6.74. The number of allylic oxidation sites excluding steroid dienone is 3. The van der Waals surface area contributed by atoms with Gasteiger partial charge >= 0.3 is 0 Å². The molecule has 0 spiro atoms. The van der Waals surface area contributed by atoms with Crippen molar-refractivity contribution >= 4 is 29.5 Å². The Morgan fingerprint density at radius 2 is 1.98 bits per heavy atom. The third-order valence-corrected chi connectivity index (χ3v) is 7.35. The van der Waals surface area contributed by atoms with Crippen LogP contribution >= 0.6 is 0 Å². The fraction of sp³-hybridized carbons (Fsp3) is 0.367. The molecule has 3 aromatic rings. The van der Waals surface area contributed by atoms with Gasteiger partial charge < -0.3 is 20.3 Å². The number of aliphatic hydroxyl groups is 1. The molecule has 40 heavy (non-hydrogen) atoms. The van der Waals surface area contributed by atoms with Crippen LogP contribution in [0.25, 0.3) is 5.57 Å². The average Bonchev–Trinajstić information content (AvgIpc) is 3.38. The molecule has 4 heterocycles. The van der Waals surface area contributed by atoms with E-state index >= 15 is 0 Å². The van der Waals surface area contributed by atoms with Crippen LogP contribution < -0.4 is 15.5 Å². The summed E-state index contributed by atoms with van der Waals surface area (Å²) in [7, 11) is 0. The van der Waals surface area contributed by atoms with Gasteiger partial charge in [-0.05, 0) is 68.4 Å². The van der Waals surface area contributed by atoms with Gasteiger partial charge in [-0.15, -0.1) is 0 Å². The van der Waals surface area contributed by atoms with Crippen molar-refractivity contribution in [3.05, 3.63) is 82.0 Å². The number of hydrogen-bond acceptors (Lipinski definition) is 7. The summed E-state index contributed by atoms with van der Waals surface area (Å²) in [6, 6.07) is 5.63. The van der Waals surface area contributed by atoms with E-state index in [9.17, 15) is 14.7 Å². The summed E-state index contributed by atoms with van der Waals surface area (Å²) in [6.45, 7) is 10.9. The normalized spacial score (nSPS) is 16.6. The maximum atomic E-state index is 13.7. The highest BCUT2D eigenvalue weighted by Gasteiger charge is 2.37. The van der Waals surface area contributed by atoms with Crippen molar-refractivity contribution in [1.82, 2.24) is 24.8 Å². The highest BCUT2D eigenvalue weighted by Crippen LogP contribution is 2.40. The number of aliphatic hydroxyl groups excluding tert-OH is 1. The zero-order chi connectivity index (χ0) is 28.6. The van der Waals surface area contributed by atoms with E-state index < -0.39 is 0 Å². The fourth-order valence-corrected chi connectivity index (χ4v) is 5.83. The smallest absolute Gasteiger partial charge is 0.276 e. The fourth-order valence-electron chi connectivity index (χ4n) is 5.83. The van der Waals surface area contributed by atoms with Gasteiger partial charge in [-0.3, -0.25) is 14.5 Å². The Labute approximate surface area is 233 Å². The number of fused-ring (bicyclic) bond motifs is 3. The van der Waals surface area contributed by atoms with Gasteiger partial charge in [0.25, 0.3) is 5.91 Å². The van der Waals surface area contributed by atoms with Crippen molar-refractivity contribution in [1.29, 1.82) is 0 Å². The van der Waals surface area contributed by atoms with Crippen LogP contribution in [0.4, 0.5) is 11.6 Å². The number of rotatable bonds is 8. The van der Waals surface area contributed by atoms with Crippen molar-refractivity contribution in [3.63, 3.8) is 0 Å². The zero-order valence-corrected chi connectivity index (χ0v) is 23.6. The number of anilines is 2. The summed E-state index contributed by atoms with van der Waals surface area (Å²) >= 11 is 0. The lowest BCUT2D eigenvalue weighted by molar-refractivity contribution is -0.108. The molecule has 10 nitrogen and oxygen atoms in total. The number of hydrogen-bond donors (Lipinski definition) is 3. The number of aromatic nitrogens is 4. The second-order valence-electron chi connectivity index (χ2n) is 11.2. The van der Waals surface area contributed by atoms with Crippen molar-refractivity contribution in [2.45, 2.75) is 60.6 Å². The van der Waals surface area contributed by atoms with Gasteiger partial charge in [0.15, 0.2) is 0 Å². The number of aryl methyl sites for hydroxylation is 2. The minimum absolute atomic E-state index is 0.128. The van der Waals surface area contributed by atoms with Crippen LogP contribution in [0.5, 0.6) is 0 Å². The first-order valence-corrected chi connectivity index (χ1v) is 13.4. The Balaban J connectivity index is 1.49. The van der Waals surface area contributed by atoms with E-state index in [-0.39, 0.29) is 17.9 Å². The molecule has 0 atom stereocenters. The minimum atomic E-state index is -0.336. The first kappa shape index (κ1) is 27.3. The predicted octanol–water partition coefficient (Wildman–Crippen LogP) is 3.67. The zero-order valence-electron chi connectivity index (χ0n) is 23.6. The van der Waals surface area contributed by atoms with E-state index in [0.29, 0.717) is 59.4 Å². The van der Waals surface area contributed by atoms with Crippen molar-refractivity contribution in [3.8, 4) is 0 Å². The summed E-state index contributed by atoms with van der Waals surface area (Å²) in [4.78, 5) is 39.8. The highest BCUT2D eigenvalue weighted by atomic mass is 16.3. The van der Waals surface area contributed by atoms with E-state index in [1.54, 1.807) is 23.4 Å². The molecular formula is C30H35N7O3. The molecule has 0 aromatic carbocycles. The summed E-state index contributed by atoms with van der Waals surface area (Å²) in [5.74, 6) is 1.59. The third kappa shape index (κ3) is 5.27. The van der Waals surface area contributed by atoms with Crippen LogP contribution in [0.15, 0.2) is 42.4 Å². The lowest BCUT2D eigenvalue weighted by Crippen LogP contribution is -2.41. The predicted molar refractivity (Wildman–Crippen MR) is 154 cm³/mol. The summed E-state index contributed by atoms with van der Waals surface area (Å²) < 4.78 is 2.15. The number of pyridine rings is 1. The average molecular weight is 542 g/mol. The number of carbonyl (C=O) groups excluding carboxylic acids is 2. The number of amides is 2. The number of nitrogens with zero attached hydrogens (tertiary/aromatic N) is 5. The lowest BCUT2D eigenvalue weighted by Gasteiger charge is -2.31. The molecule has 3 aromatic heterocycles. The quantitative estimate of drug-likeness (QED) is 0.294. The molecule has 3 N–H and O–H groups in total. The van der Waals surface area contributed by atoms with Crippen LogP contribution in [-0.2, 0) is 30.8 Å². The Morgan fingerprint density at radius 1 is 1.18 bits per heavy atom. The molecule has 0 bridgehead atoms. The Morgan fingerprint density at radius 3 is 2.70 bits per heavy atom. The molecule has 0 radical (unpaired) electrons. The molecule has 0 saturated heterocycles. The first-order valence-electron chi connectivity index (χ1n) is 13.4. The monoisotopic (exact) mass is 541 g/mol. The first-order chi connectivity index (χ1) is 19.1. The van der Waals surface area contributed by atoms with Crippen LogP contribution in [-0.4, -0.2) is 43.5 Å². The molecule has 10 heteroatoms. The molecule has 1 aliphatic heterocycles. The minimum Gasteiger partial charge on any atom is -0.392 e. The van der Waals surface area contributed by atoms with Crippen LogP contribution in [0.2, 0.25) is 0 Å². The lowest BCUT2D eigenvalue weighted by atomic mass is 9.90. The van der Waals surface area contributed by atoms with Gasteiger partial charge in [-0.1, -0.05) is 13.8 Å². The van der Waals surface area contributed by atoms with Gasteiger partial charge in [-0.25, -0.2) is 15.0 Å². The maximum Gasteiger partial charge on any atom is 0.276 e. The van der Waals surface area contributed by atoms with E-state index in [1.165, 1.54) is 11.3 Å². The molecule has 2 aliphatic rings. The van der Waals surface area contributed by atoms with Gasteiger partial charge in [0, 0.05) is 59.8 Å². The largest absolute Gasteiger partial charge is 0.392 e. The highest BCUT2D eigenvalue weighted by molar-refractivity contribution is 6.06. The van der Waals surface area contributed by atoms with E-state index in [1.807, 2.05) is 39.0 Å². The molecule has 0 unspecified atom stereocenters. The Bertz CT molecular complexity index is 1530. The molecule has 0 fully saturated rings. The van der Waals surface area contributed by atoms with Crippen molar-refractivity contribution in [2.24, 2.45) is 5.41 Å².